The highest BCUT2D eigenvalue weighted by molar-refractivity contribution is 7.16. The van der Waals surface area contributed by atoms with Crippen LogP contribution in [-0.4, -0.2) is 10.8 Å². The van der Waals surface area contributed by atoms with E-state index in [0.29, 0.717) is 46.8 Å². The number of aromatic nitrogens is 1. The number of anilines is 4. The Hall–Kier alpha value is -3.85. The lowest BCUT2D eigenvalue weighted by Crippen LogP contribution is -2.34. The molecular formula is C28H23ClN6OS. The second-order valence-corrected chi connectivity index (χ2v) is 11.1. The van der Waals surface area contributed by atoms with Crippen molar-refractivity contribution in [2.24, 2.45) is 0 Å². The molecule has 7 nitrogen and oxygen atoms in total. The maximum Gasteiger partial charge on any atom is 0.161 e. The molecule has 0 bridgehead atoms. The van der Waals surface area contributed by atoms with Gasteiger partial charge in [0.25, 0.3) is 0 Å². The number of carbonyl (C=O) groups excluding carboxylic acids is 1. The minimum atomic E-state index is -0.594. The molecule has 0 saturated carbocycles. The fourth-order valence-electron chi connectivity index (χ4n) is 5.94. The summed E-state index contributed by atoms with van der Waals surface area (Å²) >= 11 is 8.27. The quantitative estimate of drug-likeness (QED) is 0.426. The molecule has 0 saturated heterocycles. The van der Waals surface area contributed by atoms with E-state index in [2.05, 4.69) is 12.1 Å². The van der Waals surface area contributed by atoms with Crippen LogP contribution in [0.15, 0.2) is 35.5 Å². The number of hydrogen-bond acceptors (Lipinski definition) is 8. The monoisotopic (exact) mass is 526 g/mol. The molecule has 184 valence electrons. The van der Waals surface area contributed by atoms with Crippen LogP contribution < -0.4 is 16.4 Å². The summed E-state index contributed by atoms with van der Waals surface area (Å²) in [5.74, 6) is -0.102. The van der Waals surface area contributed by atoms with Crippen LogP contribution in [0, 0.1) is 22.7 Å². The summed E-state index contributed by atoms with van der Waals surface area (Å²) in [4.78, 5) is 21.5. The van der Waals surface area contributed by atoms with Crippen LogP contribution in [0.5, 0.6) is 0 Å². The Morgan fingerprint density at radius 3 is 2.54 bits per heavy atom. The van der Waals surface area contributed by atoms with Gasteiger partial charge in [0.2, 0.25) is 0 Å². The summed E-state index contributed by atoms with van der Waals surface area (Å²) in [6.07, 6.45) is 5.63. The second kappa shape index (κ2) is 8.92. The average molecular weight is 527 g/mol. The van der Waals surface area contributed by atoms with Crippen LogP contribution >= 0.6 is 22.9 Å². The van der Waals surface area contributed by atoms with E-state index in [4.69, 9.17) is 28.1 Å². The van der Waals surface area contributed by atoms with Crippen LogP contribution in [0.25, 0.3) is 0 Å². The molecule has 9 heteroatoms. The smallest absolute Gasteiger partial charge is 0.161 e. The van der Waals surface area contributed by atoms with Gasteiger partial charge in [0.15, 0.2) is 5.78 Å². The van der Waals surface area contributed by atoms with E-state index in [1.807, 2.05) is 23.1 Å². The van der Waals surface area contributed by atoms with Crippen molar-refractivity contribution in [1.82, 2.24) is 4.98 Å². The lowest BCUT2D eigenvalue weighted by Gasteiger charge is -2.40. The standard InChI is InChI=1S/C28H23ClN6OS/c29-18-8-3-1-7-15(18)22-23-19(9-5-10-20(23)36)35(27-24(22)25(32)17(13-31)26(33)34-27)28-16(12-30)14-6-2-4-11-21(14)37-28/h1,3,7-8,22H,2,4-6,9-11H2,(H4,32,33,34). The van der Waals surface area contributed by atoms with E-state index in [9.17, 15) is 15.3 Å². The minimum Gasteiger partial charge on any atom is -0.397 e. The average Bonchev–Trinajstić information content (AvgIpc) is 3.26. The molecule has 1 aliphatic heterocycles. The van der Waals surface area contributed by atoms with Crippen molar-refractivity contribution in [2.75, 3.05) is 16.4 Å². The number of halogens is 1. The number of nitrogen functional groups attached to an aromatic ring is 2. The highest BCUT2D eigenvalue weighted by Gasteiger charge is 2.44. The number of benzene rings is 1. The van der Waals surface area contributed by atoms with E-state index in [1.54, 1.807) is 17.4 Å². The van der Waals surface area contributed by atoms with Gasteiger partial charge in [0, 0.05) is 39.1 Å². The van der Waals surface area contributed by atoms with Gasteiger partial charge in [-0.05, 0) is 55.7 Å². The Morgan fingerprint density at radius 1 is 1.03 bits per heavy atom. The summed E-state index contributed by atoms with van der Waals surface area (Å²) < 4.78 is 0. The number of fused-ring (bicyclic) bond motifs is 2. The van der Waals surface area contributed by atoms with Crippen LogP contribution in [0.4, 0.5) is 22.3 Å². The maximum atomic E-state index is 13.7. The van der Waals surface area contributed by atoms with Gasteiger partial charge < -0.3 is 11.5 Å². The van der Waals surface area contributed by atoms with Crippen molar-refractivity contribution in [3.05, 3.63) is 73.3 Å². The number of pyridine rings is 1. The molecular weight excluding hydrogens is 504 g/mol. The number of thiophene rings is 1. The molecule has 3 heterocycles. The minimum absolute atomic E-state index is 0.0105. The van der Waals surface area contributed by atoms with Gasteiger partial charge in [-0.1, -0.05) is 29.8 Å². The van der Waals surface area contributed by atoms with Crippen molar-refractivity contribution < 1.29 is 4.79 Å². The van der Waals surface area contributed by atoms with E-state index >= 15 is 0 Å². The Balaban J connectivity index is 1.74. The summed E-state index contributed by atoms with van der Waals surface area (Å²) in [5, 5.41) is 21.4. The number of nitriles is 2. The summed E-state index contributed by atoms with van der Waals surface area (Å²) in [6, 6.07) is 11.9. The first-order valence-electron chi connectivity index (χ1n) is 12.3. The number of aryl methyl sites for hydroxylation is 1. The normalized spacial score (nSPS) is 18.5. The van der Waals surface area contributed by atoms with Gasteiger partial charge >= 0.3 is 0 Å². The summed E-state index contributed by atoms with van der Waals surface area (Å²) in [5.41, 5.74) is 17.6. The number of carbonyl (C=O) groups is 1. The third kappa shape index (κ3) is 3.44. The molecule has 1 aromatic carbocycles. The lowest BCUT2D eigenvalue weighted by atomic mass is 9.74. The summed E-state index contributed by atoms with van der Waals surface area (Å²) in [7, 11) is 0. The third-order valence-corrected chi connectivity index (χ3v) is 9.19. The van der Waals surface area contributed by atoms with Gasteiger partial charge in [-0.25, -0.2) is 4.98 Å². The van der Waals surface area contributed by atoms with Crippen molar-refractivity contribution >= 4 is 51.0 Å². The zero-order valence-electron chi connectivity index (χ0n) is 20.0. The molecule has 2 aliphatic carbocycles. The molecule has 3 aliphatic rings. The molecule has 0 fully saturated rings. The highest BCUT2D eigenvalue weighted by atomic mass is 35.5. The van der Waals surface area contributed by atoms with Crippen molar-refractivity contribution in [1.29, 1.82) is 10.5 Å². The fraction of sp³-hybridized carbons (Fsp3) is 0.286. The molecule has 1 unspecified atom stereocenters. The van der Waals surface area contributed by atoms with E-state index < -0.39 is 5.92 Å². The number of nitrogens with two attached hydrogens (primary N) is 2. The number of hydrogen-bond donors (Lipinski definition) is 2. The van der Waals surface area contributed by atoms with Gasteiger partial charge in [-0.15, -0.1) is 11.3 Å². The highest BCUT2D eigenvalue weighted by Crippen LogP contribution is 2.56. The van der Waals surface area contributed by atoms with E-state index in [0.717, 1.165) is 47.5 Å². The van der Waals surface area contributed by atoms with Crippen LogP contribution in [0.2, 0.25) is 5.02 Å². The van der Waals surface area contributed by atoms with Gasteiger partial charge in [0.05, 0.1) is 11.3 Å². The zero-order chi connectivity index (χ0) is 25.8. The molecule has 0 spiro atoms. The molecule has 6 rings (SSSR count). The number of allylic oxidation sites excluding steroid dienone is 2. The van der Waals surface area contributed by atoms with Gasteiger partial charge in [-0.3, -0.25) is 9.69 Å². The summed E-state index contributed by atoms with van der Waals surface area (Å²) in [6.45, 7) is 0. The number of Topliss-reactive ketones (excluding diaryl/α,β-unsaturated/α-hetero) is 1. The Labute approximate surface area is 223 Å². The first kappa shape index (κ1) is 23.5. The molecule has 2 aromatic heterocycles. The Bertz CT molecular complexity index is 1610. The van der Waals surface area contributed by atoms with E-state index in [-0.39, 0.29) is 22.9 Å². The molecule has 0 amide bonds. The molecule has 37 heavy (non-hydrogen) atoms. The number of ketones is 1. The van der Waals surface area contributed by atoms with Crippen LogP contribution in [0.1, 0.15) is 70.7 Å². The molecule has 1 atom stereocenters. The lowest BCUT2D eigenvalue weighted by molar-refractivity contribution is -0.116. The fourth-order valence-corrected chi connectivity index (χ4v) is 7.55. The SMILES string of the molecule is N#Cc1c(N)nc2c(c1N)C(c1ccccc1Cl)C1=C(CCCC1=O)N2c1sc2c(c1C#N)CCCC2. The van der Waals surface area contributed by atoms with Gasteiger partial charge in [-0.2, -0.15) is 10.5 Å². The molecule has 0 radical (unpaired) electrons. The largest absolute Gasteiger partial charge is 0.397 e. The predicted octanol–water partition coefficient (Wildman–Crippen LogP) is 5.87. The van der Waals surface area contributed by atoms with Crippen molar-refractivity contribution in [3.63, 3.8) is 0 Å². The zero-order valence-corrected chi connectivity index (χ0v) is 21.5. The van der Waals surface area contributed by atoms with Crippen molar-refractivity contribution in [2.45, 2.75) is 50.9 Å². The Kier molecular flexibility index (Phi) is 5.67. The van der Waals surface area contributed by atoms with Gasteiger partial charge in [0.1, 0.15) is 34.3 Å². The first-order chi connectivity index (χ1) is 18.0. The predicted molar refractivity (Wildman–Crippen MR) is 145 cm³/mol. The first-order valence-corrected chi connectivity index (χ1v) is 13.5. The Morgan fingerprint density at radius 2 is 1.78 bits per heavy atom. The molecule has 3 aromatic rings. The molecule has 4 N–H and O–H groups in total. The van der Waals surface area contributed by atoms with Crippen LogP contribution in [-0.2, 0) is 17.6 Å². The topological polar surface area (TPSA) is 133 Å². The van der Waals surface area contributed by atoms with Crippen molar-refractivity contribution in [3.8, 4) is 12.1 Å². The van der Waals surface area contributed by atoms with E-state index in [1.165, 1.54) is 4.88 Å². The third-order valence-electron chi connectivity index (χ3n) is 7.57. The number of rotatable bonds is 2. The second-order valence-electron chi connectivity index (χ2n) is 9.56. The number of nitrogens with zero attached hydrogens (tertiary/aromatic N) is 4. The maximum absolute atomic E-state index is 13.7. The van der Waals surface area contributed by atoms with Crippen LogP contribution in [0.3, 0.4) is 0 Å².